The number of piperidine rings is 1. The molecule has 2 fully saturated rings. The molecule has 6 heteroatoms. The van der Waals surface area contributed by atoms with Gasteiger partial charge in [0, 0.05) is 37.7 Å². The van der Waals surface area contributed by atoms with Crippen molar-refractivity contribution in [2.45, 2.75) is 52.2 Å². The van der Waals surface area contributed by atoms with Gasteiger partial charge in [0.2, 0.25) is 0 Å². The number of nitrogens with zero attached hydrogens (tertiary/aromatic N) is 4. The van der Waals surface area contributed by atoms with E-state index in [2.05, 4.69) is 37.8 Å². The topological polar surface area (TPSA) is 59.7 Å². The minimum Gasteiger partial charge on any atom is -0.389 e. The number of aromatic nitrogens is 2. The molecule has 4 atom stereocenters. The van der Waals surface area contributed by atoms with E-state index in [1.807, 2.05) is 15.7 Å². The highest BCUT2D eigenvalue weighted by Crippen LogP contribution is 2.54. The van der Waals surface area contributed by atoms with E-state index in [0.717, 1.165) is 25.9 Å². The zero-order valence-corrected chi connectivity index (χ0v) is 14.9. The minimum absolute atomic E-state index is 0.0629. The second-order valence-corrected chi connectivity index (χ2v) is 8.14. The molecule has 24 heavy (non-hydrogen) atoms. The molecule has 0 unspecified atom stereocenters. The monoisotopic (exact) mass is 330 g/mol. The summed E-state index contributed by atoms with van der Waals surface area (Å²) in [4.78, 5) is 24.4. The van der Waals surface area contributed by atoms with Gasteiger partial charge < -0.3 is 14.3 Å². The third-order valence-electron chi connectivity index (χ3n) is 5.80. The molecule has 1 saturated heterocycles. The van der Waals surface area contributed by atoms with Crippen molar-refractivity contribution in [2.24, 2.45) is 22.9 Å². The maximum absolute atomic E-state index is 12.7. The van der Waals surface area contributed by atoms with E-state index < -0.39 is 0 Å². The Morgan fingerprint density at radius 3 is 2.71 bits per heavy atom. The van der Waals surface area contributed by atoms with Gasteiger partial charge in [-0.15, -0.1) is 0 Å². The average molecular weight is 330 g/mol. The number of hydrogen-bond acceptors (Lipinski definition) is 4. The van der Waals surface area contributed by atoms with Gasteiger partial charge in [-0.1, -0.05) is 12.1 Å². The summed E-state index contributed by atoms with van der Waals surface area (Å²) in [5.41, 5.74) is 1.60. The smallest absolute Gasteiger partial charge is 0.274 e. The van der Waals surface area contributed by atoms with E-state index in [4.69, 9.17) is 4.84 Å². The minimum atomic E-state index is -0.162. The number of carbonyl (C=O) groups excluding carboxylic acids is 1. The van der Waals surface area contributed by atoms with Crippen molar-refractivity contribution < 1.29 is 9.63 Å². The second-order valence-electron chi connectivity index (χ2n) is 8.14. The van der Waals surface area contributed by atoms with Gasteiger partial charge in [0.05, 0.1) is 12.0 Å². The fourth-order valence-corrected chi connectivity index (χ4v) is 4.11. The molecule has 0 spiro atoms. The Morgan fingerprint density at radius 1 is 1.42 bits per heavy atom. The highest BCUT2D eigenvalue weighted by Gasteiger charge is 2.60. The van der Waals surface area contributed by atoms with Crippen LogP contribution in [0.5, 0.6) is 0 Å². The summed E-state index contributed by atoms with van der Waals surface area (Å²) >= 11 is 0. The highest BCUT2D eigenvalue weighted by molar-refractivity contribution is 5.94. The largest absolute Gasteiger partial charge is 0.389 e. The summed E-state index contributed by atoms with van der Waals surface area (Å²) < 4.78 is 2.03. The molecule has 1 saturated carbocycles. The van der Waals surface area contributed by atoms with E-state index in [9.17, 15) is 4.79 Å². The SMILES string of the molecule is CC[C@H](C)n1cnc(C(=O)N2C[C@@H]3[C@H](C2)[C@H]3C2=NOC(C)(C)C2)c1. The lowest BCUT2D eigenvalue weighted by molar-refractivity contribution is 0.0123. The Bertz CT molecular complexity index is 681. The Balaban J connectivity index is 1.36. The number of imidazole rings is 1. The Hall–Kier alpha value is -1.85. The molecule has 130 valence electrons. The van der Waals surface area contributed by atoms with Gasteiger partial charge in [-0.25, -0.2) is 4.98 Å². The Morgan fingerprint density at radius 2 is 2.12 bits per heavy atom. The number of rotatable bonds is 4. The van der Waals surface area contributed by atoms with E-state index in [-0.39, 0.29) is 11.5 Å². The molecule has 0 aromatic carbocycles. The van der Waals surface area contributed by atoms with Crippen LogP contribution in [0.2, 0.25) is 0 Å². The second kappa shape index (κ2) is 5.33. The molecule has 3 heterocycles. The summed E-state index contributed by atoms with van der Waals surface area (Å²) in [6.45, 7) is 10.1. The predicted octanol–water partition coefficient (Wildman–Crippen LogP) is 2.73. The van der Waals surface area contributed by atoms with Gasteiger partial charge in [0.25, 0.3) is 5.91 Å². The van der Waals surface area contributed by atoms with Crippen molar-refractivity contribution in [1.29, 1.82) is 0 Å². The molecule has 1 aromatic rings. The highest BCUT2D eigenvalue weighted by atomic mass is 16.7. The van der Waals surface area contributed by atoms with Crippen LogP contribution in [-0.4, -0.2) is 44.8 Å². The lowest BCUT2D eigenvalue weighted by Gasteiger charge is -2.19. The first-order valence-corrected chi connectivity index (χ1v) is 8.97. The molecule has 0 bridgehead atoms. The zero-order chi connectivity index (χ0) is 17.1. The molecule has 0 N–H and O–H groups in total. The number of fused-ring (bicyclic) bond motifs is 1. The molecule has 2 aliphatic heterocycles. The van der Waals surface area contributed by atoms with Crippen molar-refractivity contribution in [2.75, 3.05) is 13.1 Å². The maximum Gasteiger partial charge on any atom is 0.274 e. The van der Waals surface area contributed by atoms with E-state index in [0.29, 0.717) is 29.5 Å². The molecule has 6 nitrogen and oxygen atoms in total. The summed E-state index contributed by atoms with van der Waals surface area (Å²) in [6, 6.07) is 0.374. The normalized spacial score (nSPS) is 31.4. The summed E-state index contributed by atoms with van der Waals surface area (Å²) in [5.74, 6) is 1.70. The van der Waals surface area contributed by atoms with Crippen LogP contribution in [0.25, 0.3) is 0 Å². The van der Waals surface area contributed by atoms with Crippen LogP contribution in [0.3, 0.4) is 0 Å². The maximum atomic E-state index is 12.7. The van der Waals surface area contributed by atoms with Crippen LogP contribution < -0.4 is 0 Å². The van der Waals surface area contributed by atoms with Crippen LogP contribution in [0.15, 0.2) is 17.7 Å². The van der Waals surface area contributed by atoms with E-state index >= 15 is 0 Å². The van der Waals surface area contributed by atoms with Crippen molar-refractivity contribution in [1.82, 2.24) is 14.5 Å². The first-order chi connectivity index (χ1) is 11.4. The van der Waals surface area contributed by atoms with Gasteiger partial charge in [-0.3, -0.25) is 4.79 Å². The van der Waals surface area contributed by atoms with E-state index in [1.54, 1.807) is 6.33 Å². The summed E-state index contributed by atoms with van der Waals surface area (Å²) in [6.07, 6.45) is 5.60. The third kappa shape index (κ3) is 2.52. The van der Waals surface area contributed by atoms with Crippen LogP contribution in [0, 0.1) is 17.8 Å². The fraction of sp³-hybridized carbons (Fsp3) is 0.722. The summed E-state index contributed by atoms with van der Waals surface area (Å²) in [7, 11) is 0. The standard InChI is InChI=1S/C18H26N4O2/c1-5-11(2)22-9-15(19-10-22)17(23)21-7-12-13(8-21)16(12)14-6-18(3,4)24-20-14/h9-13,16H,5-8H2,1-4H3/t11-,12-,13+,16+/m0/s1. The van der Waals surface area contributed by atoms with Crippen LogP contribution in [0.4, 0.5) is 0 Å². The lowest BCUT2D eigenvalue weighted by Crippen LogP contribution is -2.33. The van der Waals surface area contributed by atoms with E-state index in [1.165, 1.54) is 5.71 Å². The Kier molecular flexibility index (Phi) is 3.48. The Labute approximate surface area is 142 Å². The zero-order valence-electron chi connectivity index (χ0n) is 14.9. The van der Waals surface area contributed by atoms with Crippen molar-refractivity contribution in [3.63, 3.8) is 0 Å². The average Bonchev–Trinajstić information content (AvgIpc) is 3.02. The molecular formula is C18H26N4O2. The third-order valence-corrected chi connectivity index (χ3v) is 5.80. The predicted molar refractivity (Wildman–Crippen MR) is 90.8 cm³/mol. The molecule has 1 aliphatic carbocycles. The van der Waals surface area contributed by atoms with Crippen LogP contribution in [-0.2, 0) is 4.84 Å². The van der Waals surface area contributed by atoms with Crippen LogP contribution in [0.1, 0.15) is 57.1 Å². The number of amides is 1. The van der Waals surface area contributed by atoms with Gasteiger partial charge >= 0.3 is 0 Å². The first-order valence-electron chi connectivity index (χ1n) is 8.97. The molecule has 4 rings (SSSR count). The van der Waals surface area contributed by atoms with Crippen LogP contribution >= 0.6 is 0 Å². The van der Waals surface area contributed by atoms with Crippen molar-refractivity contribution >= 4 is 11.6 Å². The lowest BCUT2D eigenvalue weighted by atomic mass is 9.98. The quantitative estimate of drug-likeness (QED) is 0.853. The number of hydrogen-bond donors (Lipinski definition) is 0. The van der Waals surface area contributed by atoms with Crippen molar-refractivity contribution in [3.05, 3.63) is 18.2 Å². The van der Waals surface area contributed by atoms with Gasteiger partial charge in [-0.05, 0) is 39.0 Å². The number of likely N-dealkylation sites (tertiary alicyclic amines) is 1. The number of carbonyl (C=O) groups is 1. The molecule has 1 aromatic heterocycles. The first kappa shape index (κ1) is 15.7. The molecular weight excluding hydrogens is 304 g/mol. The van der Waals surface area contributed by atoms with Gasteiger partial charge in [0.15, 0.2) is 0 Å². The molecule has 0 radical (unpaired) electrons. The molecule has 1 amide bonds. The van der Waals surface area contributed by atoms with Crippen molar-refractivity contribution in [3.8, 4) is 0 Å². The molecule has 3 aliphatic rings. The van der Waals surface area contributed by atoms with Gasteiger partial charge in [-0.2, -0.15) is 0 Å². The fourth-order valence-electron chi connectivity index (χ4n) is 4.11. The number of oxime groups is 1. The summed E-state index contributed by atoms with van der Waals surface area (Å²) in [5, 5.41) is 4.29. The van der Waals surface area contributed by atoms with Gasteiger partial charge in [0.1, 0.15) is 11.3 Å².